The van der Waals surface area contributed by atoms with Crippen molar-refractivity contribution < 1.29 is 4.79 Å². The maximum atomic E-state index is 11.7. The Morgan fingerprint density at radius 1 is 1.33 bits per heavy atom. The molecule has 1 amide bonds. The van der Waals surface area contributed by atoms with Crippen molar-refractivity contribution in [3.8, 4) is 0 Å². The third-order valence-electron chi connectivity index (χ3n) is 4.21. The number of carbonyl (C=O) groups is 1. The molecule has 0 aliphatic carbocycles. The van der Waals surface area contributed by atoms with Crippen molar-refractivity contribution in [3.05, 3.63) is 18.7 Å². The molecule has 136 valence electrons. The number of nitrogens with zero attached hydrogens (tertiary/aromatic N) is 4. The second kappa shape index (κ2) is 10.5. The van der Waals surface area contributed by atoms with Gasteiger partial charge in [-0.25, -0.2) is 9.98 Å². The number of piperidine rings is 1. The van der Waals surface area contributed by atoms with Crippen LogP contribution in [0.4, 0.5) is 0 Å². The zero-order valence-corrected chi connectivity index (χ0v) is 17.1. The number of aromatic nitrogens is 2. The Bertz CT molecular complexity index is 519. The van der Waals surface area contributed by atoms with Crippen LogP contribution < -0.4 is 10.6 Å². The Kier molecular flexibility index (Phi) is 9.09. The highest BCUT2D eigenvalue weighted by Crippen LogP contribution is 2.27. The van der Waals surface area contributed by atoms with Gasteiger partial charge in [0.2, 0.25) is 5.91 Å². The number of carbonyl (C=O) groups excluding carboxylic acids is 1. The van der Waals surface area contributed by atoms with Crippen LogP contribution in [0.15, 0.2) is 23.7 Å². The van der Waals surface area contributed by atoms with Crippen molar-refractivity contribution in [3.63, 3.8) is 0 Å². The van der Waals surface area contributed by atoms with Gasteiger partial charge in [0.25, 0.3) is 0 Å². The molecule has 0 radical (unpaired) electrons. The van der Waals surface area contributed by atoms with E-state index in [9.17, 15) is 4.79 Å². The largest absolute Gasteiger partial charge is 0.357 e. The molecule has 0 spiro atoms. The zero-order chi connectivity index (χ0) is 16.7. The minimum absolute atomic E-state index is 0. The van der Waals surface area contributed by atoms with Gasteiger partial charge in [-0.15, -0.1) is 24.0 Å². The molecular weight excluding hydrogens is 419 g/mol. The number of guanidine groups is 1. The van der Waals surface area contributed by atoms with Crippen molar-refractivity contribution in [2.45, 2.75) is 33.2 Å². The average molecular weight is 448 g/mol. The van der Waals surface area contributed by atoms with Crippen molar-refractivity contribution in [1.29, 1.82) is 0 Å². The number of hydrogen-bond donors (Lipinski definition) is 2. The standard InChI is InChI=1S/C16H28N6O.HI/c1-4-18-15(23)10-20-16(19-5-2)21-8-6-13(3)14(11-21)22-9-7-17-12-22;/h7,9,12-14H,4-6,8,10-11H2,1-3H3,(H,18,23)(H,19,20);1H. The van der Waals surface area contributed by atoms with E-state index in [-0.39, 0.29) is 36.4 Å². The lowest BCUT2D eigenvalue weighted by Crippen LogP contribution is -2.49. The monoisotopic (exact) mass is 448 g/mol. The SMILES string of the molecule is CCNC(=O)CN=C(NCC)N1CCC(C)C(n2ccnc2)C1.I. The molecule has 0 aromatic carbocycles. The molecular formula is C16H29IN6O. The highest BCUT2D eigenvalue weighted by atomic mass is 127. The van der Waals surface area contributed by atoms with E-state index in [1.165, 1.54) is 0 Å². The summed E-state index contributed by atoms with van der Waals surface area (Å²) in [6.45, 7) is 9.64. The van der Waals surface area contributed by atoms with Gasteiger partial charge in [0.05, 0.1) is 12.4 Å². The predicted molar refractivity (Wildman–Crippen MR) is 107 cm³/mol. The van der Waals surface area contributed by atoms with Crippen molar-refractivity contribution in [1.82, 2.24) is 25.1 Å². The third-order valence-corrected chi connectivity index (χ3v) is 4.21. The van der Waals surface area contributed by atoms with Gasteiger partial charge in [0.15, 0.2) is 5.96 Å². The quantitative estimate of drug-likeness (QED) is 0.407. The first-order valence-corrected chi connectivity index (χ1v) is 8.43. The fourth-order valence-electron chi connectivity index (χ4n) is 2.92. The van der Waals surface area contributed by atoms with E-state index in [1.54, 1.807) is 0 Å². The predicted octanol–water partition coefficient (Wildman–Crippen LogP) is 1.49. The van der Waals surface area contributed by atoms with E-state index >= 15 is 0 Å². The highest BCUT2D eigenvalue weighted by molar-refractivity contribution is 14.0. The molecule has 1 saturated heterocycles. The van der Waals surface area contributed by atoms with Crippen LogP contribution in [-0.2, 0) is 4.79 Å². The van der Waals surface area contributed by atoms with Crippen molar-refractivity contribution >= 4 is 35.8 Å². The summed E-state index contributed by atoms with van der Waals surface area (Å²) in [6.07, 6.45) is 6.81. The molecule has 1 aromatic rings. The van der Waals surface area contributed by atoms with Crippen LogP contribution in [-0.4, -0.2) is 59.0 Å². The van der Waals surface area contributed by atoms with Gasteiger partial charge < -0.3 is 20.1 Å². The summed E-state index contributed by atoms with van der Waals surface area (Å²) in [4.78, 5) is 22.6. The molecule has 1 fully saturated rings. The second-order valence-corrected chi connectivity index (χ2v) is 5.91. The fourth-order valence-corrected chi connectivity index (χ4v) is 2.92. The van der Waals surface area contributed by atoms with Gasteiger partial charge in [-0.1, -0.05) is 6.92 Å². The van der Waals surface area contributed by atoms with Gasteiger partial charge in [0.1, 0.15) is 6.54 Å². The topological polar surface area (TPSA) is 74.6 Å². The summed E-state index contributed by atoms with van der Waals surface area (Å²) < 4.78 is 2.17. The maximum Gasteiger partial charge on any atom is 0.241 e. The highest BCUT2D eigenvalue weighted by Gasteiger charge is 2.28. The van der Waals surface area contributed by atoms with Crippen LogP contribution in [0.25, 0.3) is 0 Å². The number of halogens is 1. The number of imidazole rings is 1. The Morgan fingerprint density at radius 3 is 2.71 bits per heavy atom. The van der Waals surface area contributed by atoms with E-state index in [0.29, 0.717) is 18.5 Å². The van der Waals surface area contributed by atoms with Crippen LogP contribution in [0.1, 0.15) is 33.2 Å². The molecule has 2 unspecified atom stereocenters. The van der Waals surface area contributed by atoms with Gasteiger partial charge in [0, 0.05) is 38.6 Å². The van der Waals surface area contributed by atoms with E-state index in [4.69, 9.17) is 0 Å². The van der Waals surface area contributed by atoms with Crippen LogP contribution in [0.5, 0.6) is 0 Å². The van der Waals surface area contributed by atoms with E-state index < -0.39 is 0 Å². The lowest BCUT2D eigenvalue weighted by molar-refractivity contribution is -0.119. The van der Waals surface area contributed by atoms with Gasteiger partial charge in [-0.3, -0.25) is 4.79 Å². The first-order valence-electron chi connectivity index (χ1n) is 8.43. The van der Waals surface area contributed by atoms with E-state index in [2.05, 4.69) is 37.0 Å². The summed E-state index contributed by atoms with van der Waals surface area (Å²) in [5, 5.41) is 6.08. The summed E-state index contributed by atoms with van der Waals surface area (Å²) in [6, 6.07) is 0.375. The normalized spacial score (nSPS) is 21.1. The number of likely N-dealkylation sites (N-methyl/N-ethyl adjacent to an activating group) is 1. The molecule has 0 saturated carbocycles. The lowest BCUT2D eigenvalue weighted by atomic mass is 9.93. The summed E-state index contributed by atoms with van der Waals surface area (Å²) in [5.74, 6) is 1.36. The molecule has 7 nitrogen and oxygen atoms in total. The second-order valence-electron chi connectivity index (χ2n) is 5.91. The Labute approximate surface area is 161 Å². The van der Waals surface area contributed by atoms with Gasteiger partial charge in [-0.2, -0.15) is 0 Å². The Morgan fingerprint density at radius 2 is 2.08 bits per heavy atom. The molecule has 24 heavy (non-hydrogen) atoms. The maximum absolute atomic E-state index is 11.7. The molecule has 2 rings (SSSR count). The zero-order valence-electron chi connectivity index (χ0n) is 14.7. The summed E-state index contributed by atoms with van der Waals surface area (Å²) >= 11 is 0. The molecule has 1 aromatic heterocycles. The van der Waals surface area contributed by atoms with Crippen LogP contribution >= 0.6 is 24.0 Å². The average Bonchev–Trinajstić information content (AvgIpc) is 3.06. The summed E-state index contributed by atoms with van der Waals surface area (Å²) in [5.41, 5.74) is 0. The third kappa shape index (κ3) is 5.64. The summed E-state index contributed by atoms with van der Waals surface area (Å²) in [7, 11) is 0. The first-order chi connectivity index (χ1) is 11.2. The molecule has 2 atom stereocenters. The smallest absolute Gasteiger partial charge is 0.241 e. The molecule has 2 N–H and O–H groups in total. The molecule has 1 aliphatic rings. The number of aliphatic imine (C=N–C) groups is 1. The van der Waals surface area contributed by atoms with Crippen molar-refractivity contribution in [2.24, 2.45) is 10.9 Å². The first kappa shape index (κ1) is 20.7. The van der Waals surface area contributed by atoms with Gasteiger partial charge in [-0.05, 0) is 26.2 Å². The molecule has 2 heterocycles. The number of hydrogen-bond acceptors (Lipinski definition) is 3. The van der Waals surface area contributed by atoms with Crippen LogP contribution in [0.3, 0.4) is 0 Å². The van der Waals surface area contributed by atoms with Crippen molar-refractivity contribution in [2.75, 3.05) is 32.7 Å². The number of nitrogens with one attached hydrogen (secondary N) is 2. The number of amides is 1. The molecule has 0 bridgehead atoms. The minimum Gasteiger partial charge on any atom is -0.357 e. The van der Waals surface area contributed by atoms with Crippen LogP contribution in [0.2, 0.25) is 0 Å². The lowest BCUT2D eigenvalue weighted by Gasteiger charge is -2.39. The van der Waals surface area contributed by atoms with Gasteiger partial charge >= 0.3 is 0 Å². The molecule has 1 aliphatic heterocycles. The van der Waals surface area contributed by atoms with E-state index in [1.807, 2.05) is 32.6 Å². The van der Waals surface area contributed by atoms with E-state index in [0.717, 1.165) is 32.0 Å². The Balaban J connectivity index is 0.00000288. The molecule has 8 heteroatoms. The minimum atomic E-state index is -0.0422. The number of likely N-dealkylation sites (tertiary alicyclic amines) is 1. The Hall–Kier alpha value is -1.32. The fraction of sp³-hybridized carbons (Fsp3) is 0.688. The number of rotatable bonds is 5. The van der Waals surface area contributed by atoms with Crippen LogP contribution in [0, 0.1) is 5.92 Å².